The van der Waals surface area contributed by atoms with E-state index in [4.69, 9.17) is 11.6 Å². The lowest BCUT2D eigenvalue weighted by molar-refractivity contribution is -0.904. The van der Waals surface area contributed by atoms with Crippen LogP contribution in [-0.4, -0.2) is 42.9 Å². The molecule has 0 saturated carbocycles. The van der Waals surface area contributed by atoms with Crippen molar-refractivity contribution in [3.8, 4) is 0 Å². The molecular weight excluding hydrogens is 276 g/mol. The second-order valence-electron chi connectivity index (χ2n) is 6.19. The maximum absolute atomic E-state index is 12.4. The summed E-state index contributed by atoms with van der Waals surface area (Å²) in [5.41, 5.74) is 0. The first-order valence-corrected chi connectivity index (χ1v) is 8.08. The largest absolute Gasteiger partial charge is 0.333 e. The van der Waals surface area contributed by atoms with Crippen LogP contribution in [0.15, 0.2) is 11.1 Å². The summed E-state index contributed by atoms with van der Waals surface area (Å²) < 4.78 is 0. The Balaban J connectivity index is 1.60. The van der Waals surface area contributed by atoms with Crippen LogP contribution < -0.4 is 4.90 Å². The van der Waals surface area contributed by atoms with Gasteiger partial charge >= 0.3 is 0 Å². The Morgan fingerprint density at radius 2 is 1.85 bits per heavy atom. The fourth-order valence-electron chi connectivity index (χ4n) is 3.69. The van der Waals surface area contributed by atoms with Gasteiger partial charge in [-0.1, -0.05) is 17.7 Å². The molecule has 0 spiro atoms. The van der Waals surface area contributed by atoms with Gasteiger partial charge in [-0.2, -0.15) is 0 Å². The van der Waals surface area contributed by atoms with Crippen LogP contribution in [0.4, 0.5) is 0 Å². The third kappa shape index (κ3) is 2.63. The van der Waals surface area contributed by atoms with Crippen LogP contribution >= 0.6 is 11.6 Å². The number of carbonyl (C=O) groups is 2. The van der Waals surface area contributed by atoms with Crippen LogP contribution in [0.2, 0.25) is 0 Å². The normalized spacial score (nSPS) is 31.4. The standard InChI is InChI=1S/C15H21ClN2O2/c16-11-4-5-12-13(10-11)15(20)18(14(12)19)9-8-17-6-2-1-3-7-17/h4,12-13H,1-3,5-10H2/p+1. The van der Waals surface area contributed by atoms with Crippen molar-refractivity contribution in [1.82, 2.24) is 4.90 Å². The van der Waals surface area contributed by atoms with Crippen molar-refractivity contribution in [3.05, 3.63) is 11.1 Å². The van der Waals surface area contributed by atoms with Gasteiger partial charge in [0.25, 0.3) is 0 Å². The third-order valence-corrected chi connectivity index (χ3v) is 5.22. The van der Waals surface area contributed by atoms with E-state index < -0.39 is 0 Å². The summed E-state index contributed by atoms with van der Waals surface area (Å²) in [4.78, 5) is 27.8. The predicted molar refractivity (Wildman–Crippen MR) is 76.3 cm³/mol. The van der Waals surface area contributed by atoms with E-state index in [0.29, 0.717) is 19.4 Å². The van der Waals surface area contributed by atoms with Crippen LogP contribution in [0.25, 0.3) is 0 Å². The van der Waals surface area contributed by atoms with Gasteiger partial charge in [-0.05, 0) is 32.1 Å². The van der Waals surface area contributed by atoms with Gasteiger partial charge < -0.3 is 4.90 Å². The van der Waals surface area contributed by atoms with E-state index >= 15 is 0 Å². The highest BCUT2D eigenvalue weighted by Crippen LogP contribution is 2.38. The molecule has 0 radical (unpaired) electrons. The molecule has 1 N–H and O–H groups in total. The summed E-state index contributed by atoms with van der Waals surface area (Å²) in [6.45, 7) is 3.84. The summed E-state index contributed by atoms with van der Waals surface area (Å²) >= 11 is 6.02. The number of piperidine rings is 1. The van der Waals surface area contributed by atoms with E-state index in [-0.39, 0.29) is 23.7 Å². The molecule has 20 heavy (non-hydrogen) atoms. The van der Waals surface area contributed by atoms with Crippen molar-refractivity contribution in [2.24, 2.45) is 11.8 Å². The Morgan fingerprint density at radius 3 is 2.60 bits per heavy atom. The number of imide groups is 1. The van der Waals surface area contributed by atoms with Gasteiger partial charge in [-0.3, -0.25) is 14.5 Å². The lowest BCUT2D eigenvalue weighted by Crippen LogP contribution is -3.13. The molecule has 0 aromatic rings. The Hall–Kier alpha value is -0.870. The molecule has 1 aliphatic carbocycles. The number of carbonyl (C=O) groups excluding carboxylic acids is 2. The Bertz CT molecular complexity index is 443. The number of quaternary nitrogens is 1. The van der Waals surface area contributed by atoms with Gasteiger partial charge in [0.05, 0.1) is 38.0 Å². The van der Waals surface area contributed by atoms with E-state index in [0.717, 1.165) is 11.6 Å². The third-order valence-electron chi connectivity index (χ3n) is 4.91. The first-order valence-electron chi connectivity index (χ1n) is 7.70. The van der Waals surface area contributed by atoms with E-state index in [2.05, 4.69) is 0 Å². The zero-order chi connectivity index (χ0) is 14.1. The molecule has 2 fully saturated rings. The van der Waals surface area contributed by atoms with Gasteiger partial charge in [0.15, 0.2) is 0 Å². The van der Waals surface area contributed by atoms with Crippen molar-refractivity contribution in [2.75, 3.05) is 26.2 Å². The minimum atomic E-state index is -0.198. The molecule has 110 valence electrons. The molecule has 2 unspecified atom stereocenters. The smallest absolute Gasteiger partial charge is 0.233 e. The number of nitrogens with one attached hydrogen (secondary N) is 1. The average molecular weight is 298 g/mol. The molecule has 0 aromatic heterocycles. The Labute approximate surface area is 124 Å². The molecule has 2 atom stereocenters. The topological polar surface area (TPSA) is 41.8 Å². The molecule has 2 saturated heterocycles. The number of likely N-dealkylation sites (tertiary alicyclic amines) is 2. The number of rotatable bonds is 3. The predicted octanol–water partition coefficient (Wildman–Crippen LogP) is 0.573. The van der Waals surface area contributed by atoms with Gasteiger partial charge in [0.2, 0.25) is 11.8 Å². The van der Waals surface area contributed by atoms with Crippen LogP contribution in [0.1, 0.15) is 32.1 Å². The Kier molecular flexibility index (Phi) is 4.13. The highest BCUT2D eigenvalue weighted by molar-refractivity contribution is 6.30. The minimum absolute atomic E-state index is 0.00246. The maximum Gasteiger partial charge on any atom is 0.233 e. The van der Waals surface area contributed by atoms with Crippen molar-refractivity contribution in [3.63, 3.8) is 0 Å². The molecule has 4 nitrogen and oxygen atoms in total. The maximum atomic E-state index is 12.4. The molecule has 0 aromatic carbocycles. The fraction of sp³-hybridized carbons (Fsp3) is 0.733. The first-order chi connectivity index (χ1) is 9.66. The number of amides is 2. The van der Waals surface area contributed by atoms with Crippen molar-refractivity contribution < 1.29 is 14.5 Å². The number of hydrogen-bond acceptors (Lipinski definition) is 2. The minimum Gasteiger partial charge on any atom is -0.333 e. The van der Waals surface area contributed by atoms with Gasteiger partial charge in [0.1, 0.15) is 0 Å². The quantitative estimate of drug-likeness (QED) is 0.774. The molecule has 2 amide bonds. The van der Waals surface area contributed by atoms with E-state index in [1.807, 2.05) is 6.08 Å². The van der Waals surface area contributed by atoms with Crippen LogP contribution in [0.3, 0.4) is 0 Å². The highest BCUT2D eigenvalue weighted by Gasteiger charge is 2.48. The number of fused-ring (bicyclic) bond motifs is 1. The van der Waals surface area contributed by atoms with E-state index in [1.54, 1.807) is 0 Å². The zero-order valence-electron chi connectivity index (χ0n) is 11.7. The van der Waals surface area contributed by atoms with Crippen molar-refractivity contribution >= 4 is 23.4 Å². The lowest BCUT2D eigenvalue weighted by Gasteiger charge is -2.25. The van der Waals surface area contributed by atoms with Crippen molar-refractivity contribution in [1.29, 1.82) is 0 Å². The van der Waals surface area contributed by atoms with Crippen LogP contribution in [-0.2, 0) is 9.59 Å². The van der Waals surface area contributed by atoms with Crippen LogP contribution in [0, 0.1) is 11.8 Å². The molecule has 2 heterocycles. The summed E-state index contributed by atoms with van der Waals surface area (Å²) in [7, 11) is 0. The summed E-state index contributed by atoms with van der Waals surface area (Å²) in [6, 6.07) is 0. The zero-order valence-corrected chi connectivity index (χ0v) is 12.5. The van der Waals surface area contributed by atoms with E-state index in [1.165, 1.54) is 42.2 Å². The van der Waals surface area contributed by atoms with Gasteiger partial charge in [-0.25, -0.2) is 0 Å². The molecule has 5 heteroatoms. The van der Waals surface area contributed by atoms with Crippen LogP contribution in [0.5, 0.6) is 0 Å². The van der Waals surface area contributed by atoms with Gasteiger partial charge in [-0.15, -0.1) is 0 Å². The Morgan fingerprint density at radius 1 is 1.15 bits per heavy atom. The fourth-order valence-corrected chi connectivity index (χ4v) is 3.94. The van der Waals surface area contributed by atoms with E-state index in [9.17, 15) is 9.59 Å². The summed E-state index contributed by atoms with van der Waals surface area (Å²) in [5.74, 6) is -0.322. The second kappa shape index (κ2) is 5.86. The average Bonchev–Trinajstić information content (AvgIpc) is 2.70. The van der Waals surface area contributed by atoms with Crippen molar-refractivity contribution in [2.45, 2.75) is 32.1 Å². The number of halogens is 1. The summed E-state index contributed by atoms with van der Waals surface area (Å²) in [5, 5.41) is 0.732. The first kappa shape index (κ1) is 14.1. The molecule has 0 bridgehead atoms. The second-order valence-corrected chi connectivity index (χ2v) is 6.68. The lowest BCUT2D eigenvalue weighted by atomic mass is 9.85. The molecule has 2 aliphatic heterocycles. The molecule has 3 aliphatic rings. The summed E-state index contributed by atoms with van der Waals surface area (Å²) in [6.07, 6.45) is 6.92. The molecular formula is C15H22ClN2O2+. The number of hydrogen-bond donors (Lipinski definition) is 1. The monoisotopic (exact) mass is 297 g/mol. The molecule has 3 rings (SSSR count). The SMILES string of the molecule is O=C1C2CC=C(Cl)CC2C(=O)N1CC[NH+]1CCCCC1. The number of nitrogens with zero attached hydrogens (tertiary/aromatic N) is 1. The van der Waals surface area contributed by atoms with Gasteiger partial charge in [0, 0.05) is 5.03 Å². The number of allylic oxidation sites excluding steroid dienone is 2. The highest BCUT2D eigenvalue weighted by atomic mass is 35.5.